The predicted octanol–water partition coefficient (Wildman–Crippen LogP) is 6.23. The summed E-state index contributed by atoms with van der Waals surface area (Å²) in [6.07, 6.45) is 2.28. The Morgan fingerprint density at radius 2 is 1.44 bits per heavy atom. The van der Waals surface area contributed by atoms with E-state index in [4.69, 9.17) is 9.47 Å². The van der Waals surface area contributed by atoms with Crippen molar-refractivity contribution in [2.45, 2.75) is 26.7 Å². The van der Waals surface area contributed by atoms with E-state index in [0.29, 0.717) is 23.6 Å². The van der Waals surface area contributed by atoms with Crippen molar-refractivity contribution in [3.05, 3.63) is 84.4 Å². The van der Waals surface area contributed by atoms with Crippen LogP contribution in [0.4, 0.5) is 5.69 Å². The molecular weight excluding hydrogens is 400 g/mol. The van der Waals surface area contributed by atoms with Gasteiger partial charge in [-0.05, 0) is 74.5 Å². The second-order valence-corrected chi connectivity index (χ2v) is 7.61. The number of amides is 1. The van der Waals surface area contributed by atoms with Gasteiger partial charge < -0.3 is 14.8 Å². The number of benzene rings is 3. The van der Waals surface area contributed by atoms with E-state index in [9.17, 15) is 4.79 Å². The van der Waals surface area contributed by atoms with E-state index < -0.39 is 0 Å². The Morgan fingerprint density at radius 3 is 2.12 bits per heavy atom. The number of hydrogen-bond acceptors (Lipinski definition) is 4. The summed E-state index contributed by atoms with van der Waals surface area (Å²) >= 11 is 0. The zero-order valence-corrected chi connectivity index (χ0v) is 18.9. The minimum absolute atomic E-state index is 0.175. The molecule has 0 fully saturated rings. The Bertz CT molecular complexity index is 952. The summed E-state index contributed by atoms with van der Waals surface area (Å²) in [5, 5.41) is 2.94. The minimum atomic E-state index is -0.175. The zero-order chi connectivity index (χ0) is 22.6. The summed E-state index contributed by atoms with van der Waals surface area (Å²) in [6, 6.07) is 24.2. The summed E-state index contributed by atoms with van der Waals surface area (Å²) in [4.78, 5) is 15.1. The average Bonchev–Trinajstić information content (AvgIpc) is 2.81. The third kappa shape index (κ3) is 7.43. The fourth-order valence-corrected chi connectivity index (χ4v) is 3.43. The van der Waals surface area contributed by atoms with Gasteiger partial charge in [-0.25, -0.2) is 0 Å². The van der Waals surface area contributed by atoms with Crippen molar-refractivity contribution < 1.29 is 14.3 Å². The van der Waals surface area contributed by atoms with Gasteiger partial charge in [-0.15, -0.1) is 0 Å². The lowest BCUT2D eigenvalue weighted by molar-refractivity contribution is 0.102. The Kier molecular flexibility index (Phi) is 9.14. The molecule has 5 nitrogen and oxygen atoms in total. The topological polar surface area (TPSA) is 50.8 Å². The molecule has 0 radical (unpaired) electrons. The summed E-state index contributed by atoms with van der Waals surface area (Å²) in [7, 11) is 0. The van der Waals surface area contributed by atoms with E-state index >= 15 is 0 Å². The van der Waals surface area contributed by atoms with Crippen molar-refractivity contribution in [2.75, 3.05) is 31.6 Å². The average molecular weight is 433 g/mol. The van der Waals surface area contributed by atoms with Crippen LogP contribution < -0.4 is 14.8 Å². The SMILES string of the molecule is CCCN(CCC)CCOc1cccc(NC(=O)c2ccc(Oc3ccccc3)cc2)c1. The van der Waals surface area contributed by atoms with Gasteiger partial charge in [0.1, 0.15) is 23.9 Å². The molecule has 5 heteroatoms. The highest BCUT2D eigenvalue weighted by Crippen LogP contribution is 2.22. The second kappa shape index (κ2) is 12.5. The van der Waals surface area contributed by atoms with Crippen LogP contribution in [0.15, 0.2) is 78.9 Å². The molecular formula is C27H32N2O3. The fraction of sp³-hybridized carbons (Fsp3) is 0.296. The molecule has 0 aliphatic rings. The zero-order valence-electron chi connectivity index (χ0n) is 18.9. The molecule has 3 aromatic rings. The summed E-state index contributed by atoms with van der Waals surface area (Å²) < 4.78 is 11.7. The molecule has 0 aliphatic heterocycles. The number of anilines is 1. The highest BCUT2D eigenvalue weighted by Gasteiger charge is 2.08. The van der Waals surface area contributed by atoms with Crippen LogP contribution in [0.1, 0.15) is 37.0 Å². The lowest BCUT2D eigenvalue weighted by Gasteiger charge is -2.21. The molecule has 0 bridgehead atoms. The molecule has 3 rings (SSSR count). The first-order valence-corrected chi connectivity index (χ1v) is 11.3. The monoisotopic (exact) mass is 432 g/mol. The molecule has 1 N–H and O–H groups in total. The number of rotatable bonds is 12. The summed E-state index contributed by atoms with van der Waals surface area (Å²) in [5.74, 6) is 2.02. The number of hydrogen-bond donors (Lipinski definition) is 1. The molecule has 0 aromatic heterocycles. The van der Waals surface area contributed by atoms with E-state index in [1.807, 2.05) is 54.6 Å². The summed E-state index contributed by atoms with van der Waals surface area (Å²) in [6.45, 7) is 8.08. The van der Waals surface area contributed by atoms with Crippen molar-refractivity contribution in [1.29, 1.82) is 0 Å². The lowest BCUT2D eigenvalue weighted by Crippen LogP contribution is -2.30. The summed E-state index contributed by atoms with van der Waals surface area (Å²) in [5.41, 5.74) is 1.27. The second-order valence-electron chi connectivity index (χ2n) is 7.61. The van der Waals surface area contributed by atoms with E-state index in [1.165, 1.54) is 0 Å². The third-order valence-electron chi connectivity index (χ3n) is 4.94. The van der Waals surface area contributed by atoms with Crippen molar-refractivity contribution >= 4 is 11.6 Å². The number of nitrogens with zero attached hydrogens (tertiary/aromatic N) is 1. The van der Waals surface area contributed by atoms with Gasteiger partial charge >= 0.3 is 0 Å². The van der Waals surface area contributed by atoms with Crippen LogP contribution in [0.2, 0.25) is 0 Å². The molecule has 168 valence electrons. The number of para-hydroxylation sites is 1. The van der Waals surface area contributed by atoms with Crippen molar-refractivity contribution in [1.82, 2.24) is 4.90 Å². The first-order valence-electron chi connectivity index (χ1n) is 11.3. The van der Waals surface area contributed by atoms with Crippen LogP contribution in [0.25, 0.3) is 0 Å². The molecule has 0 atom stereocenters. The number of carbonyl (C=O) groups excluding carboxylic acids is 1. The van der Waals surface area contributed by atoms with Crippen molar-refractivity contribution in [3.63, 3.8) is 0 Å². The Labute approximate surface area is 191 Å². The van der Waals surface area contributed by atoms with Crippen LogP contribution >= 0.6 is 0 Å². The van der Waals surface area contributed by atoms with Gasteiger partial charge in [0.2, 0.25) is 0 Å². The number of nitrogens with one attached hydrogen (secondary N) is 1. The molecule has 32 heavy (non-hydrogen) atoms. The normalized spacial score (nSPS) is 10.7. The molecule has 0 heterocycles. The number of carbonyl (C=O) groups is 1. The van der Waals surface area contributed by atoms with E-state index in [-0.39, 0.29) is 5.91 Å². The Morgan fingerprint density at radius 1 is 0.781 bits per heavy atom. The van der Waals surface area contributed by atoms with E-state index in [2.05, 4.69) is 24.1 Å². The highest BCUT2D eigenvalue weighted by molar-refractivity contribution is 6.04. The highest BCUT2D eigenvalue weighted by atomic mass is 16.5. The number of ether oxygens (including phenoxy) is 2. The molecule has 0 saturated carbocycles. The fourth-order valence-electron chi connectivity index (χ4n) is 3.43. The third-order valence-corrected chi connectivity index (χ3v) is 4.94. The molecule has 0 spiro atoms. The Balaban J connectivity index is 1.52. The van der Waals surface area contributed by atoms with Gasteiger partial charge in [-0.2, -0.15) is 0 Å². The molecule has 1 amide bonds. The minimum Gasteiger partial charge on any atom is -0.492 e. The molecule has 3 aromatic carbocycles. The molecule has 0 aliphatic carbocycles. The molecule has 0 unspecified atom stereocenters. The van der Waals surface area contributed by atoms with Gasteiger partial charge in [0.15, 0.2) is 0 Å². The molecule has 0 saturated heterocycles. The first kappa shape index (κ1) is 23.4. The largest absolute Gasteiger partial charge is 0.492 e. The standard InChI is InChI=1S/C27H32N2O3/c1-3-17-29(18-4-2)19-20-31-26-12-8-9-23(21-26)28-27(30)22-13-15-25(16-14-22)32-24-10-6-5-7-11-24/h5-16,21H,3-4,17-20H2,1-2H3,(H,28,30). The van der Waals surface area contributed by atoms with Crippen LogP contribution in [0.5, 0.6) is 17.2 Å². The predicted molar refractivity (Wildman–Crippen MR) is 130 cm³/mol. The maximum atomic E-state index is 12.6. The van der Waals surface area contributed by atoms with Gasteiger partial charge in [-0.1, -0.05) is 38.1 Å². The van der Waals surface area contributed by atoms with Crippen LogP contribution in [-0.4, -0.2) is 37.0 Å². The van der Waals surface area contributed by atoms with Gasteiger partial charge in [0.25, 0.3) is 5.91 Å². The van der Waals surface area contributed by atoms with Gasteiger partial charge in [-0.3, -0.25) is 9.69 Å². The Hall–Kier alpha value is -3.31. The van der Waals surface area contributed by atoms with Crippen molar-refractivity contribution in [2.24, 2.45) is 0 Å². The van der Waals surface area contributed by atoms with E-state index in [1.54, 1.807) is 24.3 Å². The first-order chi connectivity index (χ1) is 15.7. The van der Waals surface area contributed by atoms with Gasteiger partial charge in [0.05, 0.1) is 0 Å². The van der Waals surface area contributed by atoms with Crippen LogP contribution in [0.3, 0.4) is 0 Å². The smallest absolute Gasteiger partial charge is 0.255 e. The maximum absolute atomic E-state index is 12.6. The van der Waals surface area contributed by atoms with Crippen LogP contribution in [0, 0.1) is 0 Å². The quantitative estimate of drug-likeness (QED) is 0.368. The lowest BCUT2D eigenvalue weighted by atomic mass is 10.2. The maximum Gasteiger partial charge on any atom is 0.255 e. The van der Waals surface area contributed by atoms with E-state index in [0.717, 1.165) is 44.0 Å². The van der Waals surface area contributed by atoms with Crippen molar-refractivity contribution in [3.8, 4) is 17.2 Å². The van der Waals surface area contributed by atoms with Crippen LogP contribution in [-0.2, 0) is 0 Å². The van der Waals surface area contributed by atoms with Gasteiger partial charge in [0, 0.05) is 23.9 Å².